The van der Waals surface area contributed by atoms with Crippen LogP contribution in [-0.2, 0) is 5.54 Å². The topological polar surface area (TPSA) is 90.6 Å². The van der Waals surface area contributed by atoms with Crippen LogP contribution < -0.4 is 20.1 Å². The van der Waals surface area contributed by atoms with Crippen LogP contribution >= 0.6 is 0 Å². The predicted molar refractivity (Wildman–Crippen MR) is 115 cm³/mol. The summed E-state index contributed by atoms with van der Waals surface area (Å²) in [6.07, 6.45) is 1.87. The number of anilines is 1. The minimum absolute atomic E-state index is 0.189. The second-order valence-electron chi connectivity index (χ2n) is 7.33. The number of benzene rings is 2. The Hall–Kier alpha value is -3.61. The maximum absolute atomic E-state index is 11.9. The Morgan fingerprint density at radius 1 is 1.00 bits per heavy atom. The minimum atomic E-state index is -0.583. The molecule has 1 fully saturated rings. The van der Waals surface area contributed by atoms with Crippen LogP contribution in [0, 0.1) is 0 Å². The maximum Gasteiger partial charge on any atom is 0.267 e. The molecule has 1 amide bonds. The highest BCUT2D eigenvalue weighted by atomic mass is 16.5. The van der Waals surface area contributed by atoms with Gasteiger partial charge in [-0.25, -0.2) is 9.97 Å². The summed E-state index contributed by atoms with van der Waals surface area (Å²) < 4.78 is 10.8. The molecule has 1 saturated carbocycles. The molecule has 2 aromatic carbocycles. The molecule has 1 aromatic heterocycles. The van der Waals surface area contributed by atoms with Crippen molar-refractivity contribution in [2.24, 2.45) is 5.73 Å². The number of hydrogen-bond donors (Lipinski definition) is 1. The van der Waals surface area contributed by atoms with Crippen LogP contribution in [-0.4, -0.2) is 37.1 Å². The first kappa shape index (κ1) is 19.7. The van der Waals surface area contributed by atoms with E-state index in [9.17, 15) is 4.79 Å². The molecule has 4 rings (SSSR count). The van der Waals surface area contributed by atoms with Gasteiger partial charge in [-0.2, -0.15) is 0 Å². The third kappa shape index (κ3) is 3.43. The van der Waals surface area contributed by atoms with E-state index in [0.717, 1.165) is 24.0 Å². The highest BCUT2D eigenvalue weighted by molar-refractivity contribution is 5.92. The van der Waals surface area contributed by atoms with Crippen LogP contribution in [0.4, 0.5) is 5.95 Å². The zero-order valence-corrected chi connectivity index (χ0v) is 17.3. The lowest BCUT2D eigenvalue weighted by Crippen LogP contribution is -2.33. The first-order valence-electron chi connectivity index (χ1n) is 9.69. The average Bonchev–Trinajstić information content (AvgIpc) is 3.60. The minimum Gasteiger partial charge on any atom is -0.493 e. The van der Waals surface area contributed by atoms with Crippen molar-refractivity contribution in [2.75, 3.05) is 26.2 Å². The smallest absolute Gasteiger partial charge is 0.267 e. The van der Waals surface area contributed by atoms with Gasteiger partial charge in [0.25, 0.3) is 5.91 Å². The van der Waals surface area contributed by atoms with Crippen molar-refractivity contribution in [3.63, 3.8) is 0 Å². The summed E-state index contributed by atoms with van der Waals surface area (Å²) in [7, 11) is 5.18. The molecule has 0 aliphatic heterocycles. The van der Waals surface area contributed by atoms with E-state index >= 15 is 0 Å². The molecule has 1 aliphatic carbocycles. The zero-order valence-electron chi connectivity index (χ0n) is 17.3. The number of nitrogens with two attached hydrogens (primary N) is 1. The Morgan fingerprint density at radius 2 is 1.70 bits per heavy atom. The lowest BCUT2D eigenvalue weighted by molar-refractivity contribution is 0.0995. The van der Waals surface area contributed by atoms with Crippen molar-refractivity contribution in [3.8, 4) is 22.8 Å². The summed E-state index contributed by atoms with van der Waals surface area (Å²) in [6.45, 7) is 0. The molecule has 7 heteroatoms. The van der Waals surface area contributed by atoms with E-state index in [2.05, 4.69) is 4.98 Å². The van der Waals surface area contributed by atoms with Gasteiger partial charge in [0.15, 0.2) is 11.5 Å². The molecule has 0 radical (unpaired) electrons. The predicted octanol–water partition coefficient (Wildman–Crippen LogP) is 3.39. The normalized spacial score (nSPS) is 14.1. The van der Waals surface area contributed by atoms with Gasteiger partial charge in [0.1, 0.15) is 5.69 Å². The van der Waals surface area contributed by atoms with E-state index in [1.165, 1.54) is 0 Å². The fraction of sp³-hybridized carbons (Fsp3) is 0.261. The zero-order chi connectivity index (χ0) is 21.3. The van der Waals surface area contributed by atoms with E-state index in [-0.39, 0.29) is 11.2 Å². The van der Waals surface area contributed by atoms with Crippen molar-refractivity contribution >= 4 is 11.9 Å². The molecular weight excluding hydrogens is 380 g/mol. The van der Waals surface area contributed by atoms with Gasteiger partial charge >= 0.3 is 0 Å². The van der Waals surface area contributed by atoms with Crippen molar-refractivity contribution in [2.45, 2.75) is 18.4 Å². The number of carbonyl (C=O) groups is 1. The van der Waals surface area contributed by atoms with Crippen LogP contribution in [0.5, 0.6) is 11.5 Å². The van der Waals surface area contributed by atoms with Crippen molar-refractivity contribution in [1.29, 1.82) is 0 Å². The van der Waals surface area contributed by atoms with Crippen LogP contribution in [0.15, 0.2) is 54.6 Å². The van der Waals surface area contributed by atoms with Gasteiger partial charge in [-0.1, -0.05) is 36.4 Å². The molecule has 0 atom stereocenters. The molecule has 0 spiro atoms. The molecule has 1 aliphatic rings. The fourth-order valence-corrected chi connectivity index (χ4v) is 3.72. The van der Waals surface area contributed by atoms with E-state index < -0.39 is 5.91 Å². The van der Waals surface area contributed by atoms with Crippen LogP contribution in [0.1, 0.15) is 28.9 Å². The standard InChI is InChI=1S/C23H24N4O3/c1-27(23(11-12-23)16-9-10-19(29-2)20(13-16)30-3)22-25-17(14-18(26-22)21(24)28)15-7-5-4-6-8-15/h4-10,13-14H,11-12H2,1-3H3,(H2,24,28). The lowest BCUT2D eigenvalue weighted by atomic mass is 10.0. The number of hydrogen-bond acceptors (Lipinski definition) is 6. The Labute approximate surface area is 175 Å². The number of carbonyl (C=O) groups excluding carboxylic acids is 1. The molecule has 2 N–H and O–H groups in total. The molecule has 154 valence electrons. The van der Waals surface area contributed by atoms with Crippen LogP contribution in [0.2, 0.25) is 0 Å². The van der Waals surface area contributed by atoms with Gasteiger partial charge in [0, 0.05) is 12.6 Å². The van der Waals surface area contributed by atoms with Gasteiger partial charge in [0.2, 0.25) is 5.95 Å². The van der Waals surface area contributed by atoms with Gasteiger partial charge in [-0.15, -0.1) is 0 Å². The van der Waals surface area contributed by atoms with Crippen LogP contribution in [0.3, 0.4) is 0 Å². The summed E-state index contributed by atoms with van der Waals surface area (Å²) in [5, 5.41) is 0. The number of nitrogens with zero attached hydrogens (tertiary/aromatic N) is 3. The third-order valence-corrected chi connectivity index (χ3v) is 5.62. The summed E-state index contributed by atoms with van der Waals surface area (Å²) in [4.78, 5) is 23.1. The number of aromatic nitrogens is 2. The molecule has 3 aromatic rings. The number of primary amides is 1. The van der Waals surface area contributed by atoms with Crippen molar-refractivity contribution in [3.05, 3.63) is 65.9 Å². The molecule has 1 heterocycles. The molecular formula is C23H24N4O3. The Morgan fingerprint density at radius 3 is 2.30 bits per heavy atom. The van der Waals surface area contributed by atoms with Crippen LogP contribution in [0.25, 0.3) is 11.3 Å². The highest BCUT2D eigenvalue weighted by Crippen LogP contribution is 2.52. The quantitative estimate of drug-likeness (QED) is 0.649. The molecule has 0 saturated heterocycles. The maximum atomic E-state index is 11.9. The number of methoxy groups -OCH3 is 2. The number of amides is 1. The number of rotatable bonds is 7. The largest absolute Gasteiger partial charge is 0.493 e. The summed E-state index contributed by atoms with van der Waals surface area (Å²) in [5.74, 6) is 1.22. The first-order chi connectivity index (χ1) is 14.5. The highest BCUT2D eigenvalue weighted by Gasteiger charge is 2.49. The van der Waals surface area contributed by atoms with Gasteiger partial charge in [0.05, 0.1) is 25.5 Å². The fourth-order valence-electron chi connectivity index (χ4n) is 3.72. The molecule has 30 heavy (non-hydrogen) atoms. The first-order valence-corrected chi connectivity index (χ1v) is 9.69. The monoisotopic (exact) mass is 404 g/mol. The van der Waals surface area contributed by atoms with E-state index in [4.69, 9.17) is 20.2 Å². The van der Waals surface area contributed by atoms with E-state index in [0.29, 0.717) is 23.1 Å². The van der Waals surface area contributed by atoms with Crippen molar-refractivity contribution < 1.29 is 14.3 Å². The van der Waals surface area contributed by atoms with Gasteiger partial charge in [-0.3, -0.25) is 4.79 Å². The van der Waals surface area contributed by atoms with E-state index in [1.807, 2.05) is 60.5 Å². The Kier molecular flexibility index (Phi) is 5.03. The lowest BCUT2D eigenvalue weighted by Gasteiger charge is -2.29. The second-order valence-corrected chi connectivity index (χ2v) is 7.33. The van der Waals surface area contributed by atoms with Crippen molar-refractivity contribution in [1.82, 2.24) is 9.97 Å². The summed E-state index contributed by atoms with van der Waals surface area (Å²) in [6, 6.07) is 17.2. The summed E-state index contributed by atoms with van der Waals surface area (Å²) in [5.41, 5.74) is 8.11. The summed E-state index contributed by atoms with van der Waals surface area (Å²) >= 11 is 0. The third-order valence-electron chi connectivity index (χ3n) is 5.62. The van der Waals surface area contributed by atoms with Gasteiger partial charge in [-0.05, 0) is 36.6 Å². The Bertz CT molecular complexity index is 1080. The molecule has 0 unspecified atom stereocenters. The second kappa shape index (κ2) is 7.67. The Balaban J connectivity index is 1.77. The molecule has 0 bridgehead atoms. The number of ether oxygens (including phenoxy) is 2. The molecule has 7 nitrogen and oxygen atoms in total. The average molecular weight is 404 g/mol. The SMILES string of the molecule is COc1ccc(C2(N(C)c3nc(C(N)=O)cc(-c4ccccc4)n3)CC2)cc1OC. The van der Waals surface area contributed by atoms with Gasteiger partial charge < -0.3 is 20.1 Å². The van der Waals surface area contributed by atoms with E-state index in [1.54, 1.807) is 20.3 Å².